The molecule has 1 unspecified atom stereocenters. The number of aryl methyl sites for hydroxylation is 1. The van der Waals surface area contributed by atoms with Gasteiger partial charge in [0, 0.05) is 31.9 Å². The van der Waals surface area contributed by atoms with Gasteiger partial charge in [0.1, 0.15) is 0 Å². The van der Waals surface area contributed by atoms with Gasteiger partial charge in [-0.05, 0) is 36.5 Å². The van der Waals surface area contributed by atoms with Gasteiger partial charge in [0.05, 0.1) is 12.5 Å². The van der Waals surface area contributed by atoms with Crippen LogP contribution in [0.25, 0.3) is 0 Å². The molecule has 5 heteroatoms. The Balaban J connectivity index is 1.38. The third kappa shape index (κ3) is 5.15. The van der Waals surface area contributed by atoms with Crippen molar-refractivity contribution >= 4 is 11.9 Å². The number of rotatable bonds is 8. The molecule has 5 nitrogen and oxygen atoms in total. The maximum absolute atomic E-state index is 12.2. The molecule has 3 rings (SSSR count). The number of hydrogen-bond acceptors (Lipinski definition) is 4. The first-order valence-electron chi connectivity index (χ1n) is 9.09. The first-order valence-corrected chi connectivity index (χ1v) is 9.09. The topological polar surface area (TPSA) is 59.5 Å². The molecule has 0 aliphatic carbocycles. The molecule has 1 amide bonds. The van der Waals surface area contributed by atoms with Crippen LogP contribution >= 0.6 is 0 Å². The highest BCUT2D eigenvalue weighted by molar-refractivity contribution is 5.86. The summed E-state index contributed by atoms with van der Waals surface area (Å²) in [5.41, 5.74) is 2.33. The Morgan fingerprint density at radius 3 is 2.69 bits per heavy atom. The van der Waals surface area contributed by atoms with Crippen molar-refractivity contribution in [2.75, 3.05) is 19.7 Å². The number of carbonyl (C=O) groups is 2. The van der Waals surface area contributed by atoms with E-state index in [1.54, 1.807) is 11.1 Å². The molecule has 1 saturated heterocycles. The van der Waals surface area contributed by atoms with Gasteiger partial charge in [-0.3, -0.25) is 14.6 Å². The third-order valence-corrected chi connectivity index (χ3v) is 4.64. The van der Waals surface area contributed by atoms with Crippen molar-refractivity contribution in [3.8, 4) is 0 Å². The van der Waals surface area contributed by atoms with Crippen LogP contribution in [0.2, 0.25) is 0 Å². The lowest BCUT2D eigenvalue weighted by Gasteiger charge is -2.16. The minimum absolute atomic E-state index is 0.0400. The average molecular weight is 352 g/mol. The second kappa shape index (κ2) is 9.13. The molecule has 1 aliphatic heterocycles. The maximum atomic E-state index is 12.2. The summed E-state index contributed by atoms with van der Waals surface area (Å²) >= 11 is 0. The van der Waals surface area contributed by atoms with E-state index in [9.17, 15) is 9.59 Å². The lowest BCUT2D eigenvalue weighted by atomic mass is 10.1. The number of nitrogens with zero attached hydrogens (tertiary/aromatic N) is 2. The van der Waals surface area contributed by atoms with Crippen molar-refractivity contribution < 1.29 is 14.3 Å². The number of esters is 1. The molecule has 0 radical (unpaired) electrons. The van der Waals surface area contributed by atoms with E-state index < -0.39 is 0 Å². The molecular weight excluding hydrogens is 328 g/mol. The second-order valence-electron chi connectivity index (χ2n) is 6.61. The summed E-state index contributed by atoms with van der Waals surface area (Å²) in [6.07, 6.45) is 6.21. The summed E-state index contributed by atoms with van der Waals surface area (Å²) in [6.45, 7) is 1.49. The van der Waals surface area contributed by atoms with Gasteiger partial charge >= 0.3 is 5.97 Å². The number of benzene rings is 1. The number of pyridine rings is 1. The number of carbonyl (C=O) groups excluding carboxylic acids is 2. The number of aromatic nitrogens is 1. The molecule has 136 valence electrons. The van der Waals surface area contributed by atoms with Crippen LogP contribution in [0.3, 0.4) is 0 Å². The van der Waals surface area contributed by atoms with E-state index >= 15 is 0 Å². The highest BCUT2D eigenvalue weighted by Gasteiger charge is 2.34. The number of amides is 1. The van der Waals surface area contributed by atoms with Gasteiger partial charge in [0.25, 0.3) is 0 Å². The van der Waals surface area contributed by atoms with E-state index in [4.69, 9.17) is 4.74 Å². The molecule has 2 aromatic rings. The number of hydrogen-bond donors (Lipinski definition) is 0. The van der Waals surface area contributed by atoms with E-state index in [-0.39, 0.29) is 24.2 Å². The van der Waals surface area contributed by atoms with Crippen LogP contribution in [0.5, 0.6) is 0 Å². The molecule has 1 aliphatic rings. The standard InChI is InChI=1S/C21H24N2O3/c24-20-14-19(16-23(20)12-10-17-6-2-1-3-7-17)21(25)26-13-5-9-18-8-4-11-22-15-18/h1-4,6-8,11,15,19H,5,9-10,12-14,16H2. The minimum Gasteiger partial charge on any atom is -0.465 e. The van der Waals surface area contributed by atoms with Gasteiger partial charge in [-0.25, -0.2) is 0 Å². The largest absolute Gasteiger partial charge is 0.465 e. The van der Waals surface area contributed by atoms with E-state index in [0.29, 0.717) is 19.7 Å². The van der Waals surface area contributed by atoms with Crippen LogP contribution in [-0.2, 0) is 27.2 Å². The summed E-state index contributed by atoms with van der Waals surface area (Å²) in [5, 5.41) is 0. The Hall–Kier alpha value is -2.69. The summed E-state index contributed by atoms with van der Waals surface area (Å²) in [7, 11) is 0. The predicted molar refractivity (Wildman–Crippen MR) is 98.4 cm³/mol. The quantitative estimate of drug-likeness (QED) is 0.541. The molecular formula is C21H24N2O3. The fourth-order valence-corrected chi connectivity index (χ4v) is 3.17. The van der Waals surface area contributed by atoms with Crippen LogP contribution in [0.4, 0.5) is 0 Å². The Morgan fingerprint density at radius 1 is 1.12 bits per heavy atom. The fraction of sp³-hybridized carbons (Fsp3) is 0.381. The highest BCUT2D eigenvalue weighted by Crippen LogP contribution is 2.20. The van der Waals surface area contributed by atoms with Crippen LogP contribution < -0.4 is 0 Å². The monoisotopic (exact) mass is 352 g/mol. The smallest absolute Gasteiger partial charge is 0.311 e. The lowest BCUT2D eigenvalue weighted by Crippen LogP contribution is -2.29. The molecule has 26 heavy (non-hydrogen) atoms. The Labute approximate surface area is 154 Å². The number of ether oxygens (including phenoxy) is 1. The zero-order chi connectivity index (χ0) is 18.2. The zero-order valence-corrected chi connectivity index (χ0v) is 14.8. The van der Waals surface area contributed by atoms with Gasteiger partial charge < -0.3 is 9.64 Å². The van der Waals surface area contributed by atoms with Crippen LogP contribution in [0.1, 0.15) is 24.0 Å². The van der Waals surface area contributed by atoms with E-state index in [2.05, 4.69) is 17.1 Å². The Morgan fingerprint density at radius 2 is 1.92 bits per heavy atom. The molecule has 1 aromatic carbocycles. The molecule has 2 heterocycles. The first kappa shape index (κ1) is 18.1. The van der Waals surface area contributed by atoms with Gasteiger partial charge in [-0.2, -0.15) is 0 Å². The van der Waals surface area contributed by atoms with Gasteiger partial charge in [0.2, 0.25) is 5.91 Å². The van der Waals surface area contributed by atoms with Crippen LogP contribution in [-0.4, -0.2) is 41.5 Å². The summed E-state index contributed by atoms with van der Waals surface area (Å²) in [6, 6.07) is 14.0. The molecule has 0 saturated carbocycles. The van der Waals surface area contributed by atoms with Gasteiger partial charge in [0.15, 0.2) is 0 Å². The minimum atomic E-state index is -0.336. The van der Waals surface area contributed by atoms with Crippen molar-refractivity contribution in [1.82, 2.24) is 9.88 Å². The SMILES string of the molecule is O=C(OCCCc1cccnc1)C1CC(=O)N(CCc2ccccc2)C1. The predicted octanol–water partition coefficient (Wildman–Crippen LogP) is 2.65. The summed E-state index contributed by atoms with van der Waals surface area (Å²) < 4.78 is 5.37. The summed E-state index contributed by atoms with van der Waals surface area (Å²) in [5.74, 6) is -0.554. The van der Waals surface area contributed by atoms with E-state index in [0.717, 1.165) is 24.8 Å². The first-order chi connectivity index (χ1) is 12.7. The van der Waals surface area contributed by atoms with Crippen LogP contribution in [0.15, 0.2) is 54.9 Å². The van der Waals surface area contributed by atoms with Crippen molar-refractivity contribution in [3.05, 3.63) is 66.0 Å². The fourth-order valence-electron chi connectivity index (χ4n) is 3.17. The molecule has 1 aromatic heterocycles. The number of likely N-dealkylation sites (tertiary alicyclic amines) is 1. The van der Waals surface area contributed by atoms with Crippen molar-refractivity contribution in [3.63, 3.8) is 0 Å². The van der Waals surface area contributed by atoms with E-state index in [1.165, 1.54) is 5.56 Å². The van der Waals surface area contributed by atoms with Gasteiger partial charge in [-0.15, -0.1) is 0 Å². The highest BCUT2D eigenvalue weighted by atomic mass is 16.5. The molecule has 1 fully saturated rings. The average Bonchev–Trinajstić information content (AvgIpc) is 3.06. The third-order valence-electron chi connectivity index (χ3n) is 4.64. The van der Waals surface area contributed by atoms with Gasteiger partial charge in [-0.1, -0.05) is 36.4 Å². The van der Waals surface area contributed by atoms with Crippen LogP contribution in [0, 0.1) is 5.92 Å². The van der Waals surface area contributed by atoms with Crippen molar-refractivity contribution in [2.45, 2.75) is 25.7 Å². The molecule has 1 atom stereocenters. The van der Waals surface area contributed by atoms with Crippen molar-refractivity contribution in [2.24, 2.45) is 5.92 Å². The molecule has 0 N–H and O–H groups in total. The normalized spacial score (nSPS) is 16.7. The summed E-state index contributed by atoms with van der Waals surface area (Å²) in [4.78, 5) is 30.2. The zero-order valence-electron chi connectivity index (χ0n) is 14.8. The maximum Gasteiger partial charge on any atom is 0.311 e. The molecule has 0 bridgehead atoms. The Kier molecular flexibility index (Phi) is 6.36. The Bertz CT molecular complexity index is 719. The van der Waals surface area contributed by atoms with E-state index in [1.807, 2.05) is 36.5 Å². The second-order valence-corrected chi connectivity index (χ2v) is 6.61. The van der Waals surface area contributed by atoms with Crippen molar-refractivity contribution in [1.29, 1.82) is 0 Å². The molecule has 0 spiro atoms. The lowest BCUT2D eigenvalue weighted by molar-refractivity contribution is -0.148.